The third-order valence-electron chi connectivity index (χ3n) is 2.38. The summed E-state index contributed by atoms with van der Waals surface area (Å²) in [6.45, 7) is 3.05. The lowest BCUT2D eigenvalue weighted by atomic mass is 9.89. The summed E-state index contributed by atoms with van der Waals surface area (Å²) in [4.78, 5) is 0. The predicted molar refractivity (Wildman–Crippen MR) is 44.4 cm³/mol. The largest absolute Gasteiger partial charge is 0.370 e. The summed E-state index contributed by atoms with van der Waals surface area (Å²) in [5, 5.41) is 0. The molecular weight excluding hydrogens is 136 g/mol. The minimum Gasteiger partial charge on any atom is -0.370 e. The van der Waals surface area contributed by atoms with Crippen molar-refractivity contribution in [3.8, 4) is 0 Å². The Hall–Kier alpha value is -0.820. The molecule has 1 nitrogen and oxygen atoms in total. The van der Waals surface area contributed by atoms with E-state index >= 15 is 0 Å². The van der Waals surface area contributed by atoms with Gasteiger partial charge in [0.2, 0.25) is 0 Å². The van der Waals surface area contributed by atoms with Crippen LogP contribution < -0.4 is 0 Å². The normalized spacial score (nSPS) is 29.5. The molecule has 1 heteroatoms. The Morgan fingerprint density at radius 3 is 2.36 bits per heavy atom. The van der Waals surface area contributed by atoms with Gasteiger partial charge in [0, 0.05) is 6.42 Å². The molecule has 0 radical (unpaired) electrons. The van der Waals surface area contributed by atoms with Crippen molar-refractivity contribution < 1.29 is 4.74 Å². The van der Waals surface area contributed by atoms with E-state index in [4.69, 9.17) is 4.74 Å². The Morgan fingerprint density at radius 2 is 1.91 bits per heavy atom. The maximum atomic E-state index is 5.50. The Morgan fingerprint density at radius 1 is 1.27 bits per heavy atom. The van der Waals surface area contributed by atoms with Gasteiger partial charge in [-0.15, -0.1) is 0 Å². The minimum atomic E-state index is 0.0151. The fraction of sp³-hybridized carbons (Fsp3) is 0.400. The van der Waals surface area contributed by atoms with Gasteiger partial charge in [0.05, 0.1) is 12.2 Å². The number of ether oxygens (including phenoxy) is 1. The summed E-state index contributed by atoms with van der Waals surface area (Å²) in [5.74, 6) is 0. The van der Waals surface area contributed by atoms with Crippen LogP contribution in [0.5, 0.6) is 0 Å². The van der Waals surface area contributed by atoms with Crippen LogP contribution in [0.3, 0.4) is 0 Å². The zero-order valence-electron chi connectivity index (χ0n) is 6.71. The van der Waals surface area contributed by atoms with Gasteiger partial charge in [0.25, 0.3) is 0 Å². The van der Waals surface area contributed by atoms with E-state index in [0.717, 1.165) is 13.0 Å². The number of hydrogen-bond acceptors (Lipinski definition) is 1. The molecule has 0 N–H and O–H groups in total. The smallest absolute Gasteiger partial charge is 0.0925 e. The third-order valence-corrected chi connectivity index (χ3v) is 2.38. The van der Waals surface area contributed by atoms with Gasteiger partial charge in [-0.1, -0.05) is 30.3 Å². The van der Waals surface area contributed by atoms with E-state index in [0.29, 0.717) is 0 Å². The summed E-state index contributed by atoms with van der Waals surface area (Å²) in [6, 6.07) is 10.4. The molecule has 1 saturated heterocycles. The quantitative estimate of drug-likeness (QED) is 0.594. The van der Waals surface area contributed by atoms with Gasteiger partial charge in [-0.25, -0.2) is 0 Å². The van der Waals surface area contributed by atoms with Gasteiger partial charge in [-0.2, -0.15) is 0 Å². The molecule has 11 heavy (non-hydrogen) atoms. The Labute approximate surface area is 67.0 Å². The lowest BCUT2D eigenvalue weighted by Gasteiger charge is -2.39. The van der Waals surface area contributed by atoms with E-state index in [9.17, 15) is 0 Å². The van der Waals surface area contributed by atoms with Crippen molar-refractivity contribution in [3.05, 3.63) is 35.9 Å². The highest BCUT2D eigenvalue weighted by Gasteiger charge is 2.34. The molecule has 1 atom stereocenters. The number of hydrogen-bond donors (Lipinski definition) is 0. The van der Waals surface area contributed by atoms with Crippen LogP contribution in [0.4, 0.5) is 0 Å². The van der Waals surface area contributed by atoms with Crippen molar-refractivity contribution in [1.82, 2.24) is 0 Å². The van der Waals surface area contributed by atoms with Crippen LogP contribution in [-0.4, -0.2) is 6.61 Å². The average Bonchev–Trinajstić information content (AvgIpc) is 2.02. The van der Waals surface area contributed by atoms with Crippen LogP contribution in [0.1, 0.15) is 18.9 Å². The van der Waals surface area contributed by atoms with Crippen LogP contribution in [0.25, 0.3) is 0 Å². The summed E-state index contributed by atoms with van der Waals surface area (Å²) < 4.78 is 5.50. The minimum absolute atomic E-state index is 0.0151. The lowest BCUT2D eigenvalue weighted by molar-refractivity contribution is -0.140. The van der Waals surface area contributed by atoms with Crippen molar-refractivity contribution in [2.24, 2.45) is 0 Å². The van der Waals surface area contributed by atoms with E-state index in [2.05, 4.69) is 31.2 Å². The van der Waals surface area contributed by atoms with Gasteiger partial charge in [0.1, 0.15) is 0 Å². The molecule has 1 heterocycles. The molecule has 58 valence electrons. The summed E-state index contributed by atoms with van der Waals surface area (Å²) in [5.41, 5.74) is 1.31. The van der Waals surface area contributed by atoms with Crippen LogP contribution in [0.2, 0.25) is 0 Å². The molecule has 1 unspecified atom stereocenters. The monoisotopic (exact) mass is 148 g/mol. The Kier molecular flexibility index (Phi) is 1.46. The molecule has 1 aromatic carbocycles. The summed E-state index contributed by atoms with van der Waals surface area (Å²) in [7, 11) is 0. The summed E-state index contributed by atoms with van der Waals surface area (Å²) in [6.07, 6.45) is 1.15. The van der Waals surface area contributed by atoms with Gasteiger partial charge >= 0.3 is 0 Å². The highest BCUT2D eigenvalue weighted by molar-refractivity contribution is 5.23. The van der Waals surface area contributed by atoms with Crippen LogP contribution >= 0.6 is 0 Å². The molecule has 2 rings (SSSR count). The molecule has 0 spiro atoms. The first-order valence-electron chi connectivity index (χ1n) is 4.01. The first kappa shape index (κ1) is 6.86. The van der Waals surface area contributed by atoms with Gasteiger partial charge in [-0.05, 0) is 12.5 Å². The maximum Gasteiger partial charge on any atom is 0.0925 e. The SMILES string of the molecule is CC1(c2ccccc2)CCO1. The molecule has 0 amide bonds. The van der Waals surface area contributed by atoms with E-state index < -0.39 is 0 Å². The van der Waals surface area contributed by atoms with Gasteiger partial charge < -0.3 is 4.74 Å². The fourth-order valence-corrected chi connectivity index (χ4v) is 1.43. The van der Waals surface area contributed by atoms with Crippen LogP contribution in [0, 0.1) is 0 Å². The topological polar surface area (TPSA) is 9.23 Å². The first-order valence-corrected chi connectivity index (χ1v) is 4.01. The molecule has 0 aromatic heterocycles. The fourth-order valence-electron chi connectivity index (χ4n) is 1.43. The standard InChI is InChI=1S/C10H12O/c1-10(7-8-11-10)9-5-3-2-4-6-9/h2-6H,7-8H2,1H3. The number of benzene rings is 1. The zero-order valence-corrected chi connectivity index (χ0v) is 6.71. The van der Waals surface area contributed by atoms with Crippen LogP contribution in [-0.2, 0) is 10.3 Å². The maximum absolute atomic E-state index is 5.50. The van der Waals surface area contributed by atoms with Crippen molar-refractivity contribution in [2.45, 2.75) is 18.9 Å². The lowest BCUT2D eigenvalue weighted by Crippen LogP contribution is -2.37. The average molecular weight is 148 g/mol. The Bertz CT molecular complexity index is 236. The molecule has 1 aliphatic heterocycles. The highest BCUT2D eigenvalue weighted by atomic mass is 16.5. The van der Waals surface area contributed by atoms with Crippen molar-refractivity contribution >= 4 is 0 Å². The predicted octanol–water partition coefficient (Wildman–Crippen LogP) is 2.32. The van der Waals surface area contributed by atoms with E-state index in [1.807, 2.05) is 6.07 Å². The second-order valence-corrected chi connectivity index (χ2v) is 3.20. The highest BCUT2D eigenvalue weighted by Crippen LogP contribution is 2.36. The van der Waals surface area contributed by atoms with Gasteiger partial charge in [-0.3, -0.25) is 0 Å². The molecule has 0 saturated carbocycles. The van der Waals surface area contributed by atoms with E-state index in [1.165, 1.54) is 5.56 Å². The molecule has 1 fully saturated rings. The van der Waals surface area contributed by atoms with Gasteiger partial charge in [0.15, 0.2) is 0 Å². The van der Waals surface area contributed by atoms with Crippen molar-refractivity contribution in [2.75, 3.05) is 6.61 Å². The molecule has 1 aliphatic rings. The second-order valence-electron chi connectivity index (χ2n) is 3.20. The zero-order chi connectivity index (χ0) is 7.73. The van der Waals surface area contributed by atoms with Crippen molar-refractivity contribution in [1.29, 1.82) is 0 Å². The molecular formula is C10H12O. The van der Waals surface area contributed by atoms with Crippen molar-refractivity contribution in [3.63, 3.8) is 0 Å². The number of rotatable bonds is 1. The molecule has 1 aromatic rings. The van der Waals surface area contributed by atoms with E-state index in [1.54, 1.807) is 0 Å². The summed E-state index contributed by atoms with van der Waals surface area (Å²) >= 11 is 0. The first-order chi connectivity index (χ1) is 5.31. The van der Waals surface area contributed by atoms with E-state index in [-0.39, 0.29) is 5.60 Å². The molecule has 0 bridgehead atoms. The Balaban J connectivity index is 2.29. The third kappa shape index (κ3) is 1.05. The van der Waals surface area contributed by atoms with Crippen LogP contribution in [0.15, 0.2) is 30.3 Å². The molecule has 0 aliphatic carbocycles. The second kappa shape index (κ2) is 2.35.